The van der Waals surface area contributed by atoms with E-state index in [0.717, 1.165) is 22.9 Å². The van der Waals surface area contributed by atoms with Crippen LogP contribution in [-0.4, -0.2) is 53.7 Å². The smallest absolute Gasteiger partial charge is 0.273 e. The fourth-order valence-electron chi connectivity index (χ4n) is 3.49. The topological polar surface area (TPSA) is 74.8 Å². The van der Waals surface area contributed by atoms with E-state index in [-0.39, 0.29) is 34.9 Å². The van der Waals surface area contributed by atoms with Gasteiger partial charge in [0.05, 0.1) is 16.7 Å². The number of carbonyl (C=O) groups is 2. The van der Waals surface area contributed by atoms with Gasteiger partial charge in [-0.3, -0.25) is 14.5 Å². The van der Waals surface area contributed by atoms with Crippen molar-refractivity contribution in [2.75, 3.05) is 18.8 Å². The number of nitrogens with zero attached hydrogens (tertiary/aromatic N) is 2. The first kappa shape index (κ1) is 19.4. The average molecular weight is 437 g/mol. The summed E-state index contributed by atoms with van der Waals surface area (Å²) in [5, 5.41) is 0.321. The maximum Gasteiger partial charge on any atom is 0.289 e. The molecule has 4 rings (SSSR count). The maximum atomic E-state index is 13.0. The highest BCUT2D eigenvalue weighted by atomic mass is 35.5. The lowest BCUT2D eigenvalue weighted by atomic mass is 10.1. The zero-order valence-electron chi connectivity index (χ0n) is 14.7. The van der Waals surface area contributed by atoms with Gasteiger partial charge in [-0.05, 0) is 41.8 Å². The second-order valence-electron chi connectivity index (χ2n) is 6.66. The molecule has 0 radical (unpaired) electrons. The fourth-order valence-corrected chi connectivity index (χ4v) is 5.95. The molecule has 2 saturated heterocycles. The van der Waals surface area contributed by atoms with Crippen LogP contribution in [0.1, 0.15) is 6.42 Å². The van der Waals surface area contributed by atoms with Crippen molar-refractivity contribution in [3.05, 3.63) is 53.6 Å². The molecule has 0 saturated carbocycles. The molecular weight excluding hydrogens is 420 g/mol. The first-order valence-corrected chi connectivity index (χ1v) is 11.5. The number of halogens is 1. The van der Waals surface area contributed by atoms with Crippen molar-refractivity contribution in [1.82, 2.24) is 9.21 Å². The molecule has 9 heteroatoms. The Morgan fingerprint density at radius 1 is 1.04 bits per heavy atom. The Labute approximate surface area is 172 Å². The molecular formula is C19H17ClN2O4S2. The number of hydrogen-bond acceptors (Lipinski definition) is 5. The van der Waals surface area contributed by atoms with Gasteiger partial charge in [0, 0.05) is 18.1 Å². The Hall–Kier alpha value is -1.87. The molecule has 2 fully saturated rings. The molecule has 1 unspecified atom stereocenters. The molecule has 28 heavy (non-hydrogen) atoms. The van der Waals surface area contributed by atoms with Crippen LogP contribution in [0.5, 0.6) is 0 Å². The van der Waals surface area contributed by atoms with E-state index < -0.39 is 16.1 Å². The normalized spacial score (nSPS) is 20.9. The van der Waals surface area contributed by atoms with Crippen LogP contribution < -0.4 is 0 Å². The Morgan fingerprint density at radius 3 is 2.43 bits per heavy atom. The second-order valence-corrected chi connectivity index (χ2v) is 9.96. The molecule has 2 aliphatic heterocycles. The standard InChI is InChI=1S/C19H17ClN2O4S2/c20-15-3-1-2-14(10-15)13-4-6-17(7-5-13)28(25,26)21-9-8-16(11-21)22-18(23)12-27-19(22)24/h1-7,10,16H,8-9,11-12H2. The van der Waals surface area contributed by atoms with Gasteiger partial charge in [0.25, 0.3) is 5.24 Å². The van der Waals surface area contributed by atoms with Gasteiger partial charge in [-0.25, -0.2) is 8.42 Å². The number of sulfonamides is 1. The predicted molar refractivity (Wildman–Crippen MR) is 109 cm³/mol. The molecule has 2 aliphatic rings. The number of thioether (sulfide) groups is 1. The summed E-state index contributed by atoms with van der Waals surface area (Å²) in [5.74, 6) is -0.113. The monoisotopic (exact) mass is 436 g/mol. The lowest BCUT2D eigenvalue weighted by molar-refractivity contribution is -0.126. The molecule has 2 aromatic carbocycles. The fraction of sp³-hybridized carbons (Fsp3) is 0.263. The summed E-state index contributed by atoms with van der Waals surface area (Å²) in [7, 11) is -3.69. The highest BCUT2D eigenvalue weighted by molar-refractivity contribution is 8.14. The predicted octanol–water partition coefficient (Wildman–Crippen LogP) is 3.47. The number of amides is 2. The summed E-state index contributed by atoms with van der Waals surface area (Å²) in [6.45, 7) is 0.418. The summed E-state index contributed by atoms with van der Waals surface area (Å²) in [6.07, 6.45) is 0.456. The van der Waals surface area contributed by atoms with Gasteiger partial charge in [-0.15, -0.1) is 0 Å². The van der Waals surface area contributed by atoms with Crippen LogP contribution in [0, 0.1) is 0 Å². The Bertz CT molecular complexity index is 1020. The number of imide groups is 1. The molecule has 146 valence electrons. The quantitative estimate of drug-likeness (QED) is 0.733. The Balaban J connectivity index is 1.52. The molecule has 0 aromatic heterocycles. The van der Waals surface area contributed by atoms with Crippen molar-refractivity contribution < 1.29 is 18.0 Å². The summed E-state index contributed by atoms with van der Waals surface area (Å²) in [5.41, 5.74) is 1.77. The van der Waals surface area contributed by atoms with E-state index in [1.54, 1.807) is 30.3 Å². The molecule has 0 N–H and O–H groups in total. The molecule has 2 aromatic rings. The zero-order chi connectivity index (χ0) is 19.9. The van der Waals surface area contributed by atoms with Crippen LogP contribution in [0.3, 0.4) is 0 Å². The SMILES string of the molecule is O=C1CSC(=O)N1C1CCN(S(=O)(=O)c2ccc(-c3cccc(Cl)c3)cc2)C1. The van der Waals surface area contributed by atoms with Gasteiger partial charge >= 0.3 is 0 Å². The summed E-state index contributed by atoms with van der Waals surface area (Å²) >= 11 is 6.98. The van der Waals surface area contributed by atoms with Gasteiger partial charge in [0.1, 0.15) is 0 Å². The summed E-state index contributed by atoms with van der Waals surface area (Å²) < 4.78 is 27.3. The van der Waals surface area contributed by atoms with Crippen molar-refractivity contribution in [3.63, 3.8) is 0 Å². The van der Waals surface area contributed by atoms with Crippen LogP contribution >= 0.6 is 23.4 Å². The molecule has 2 heterocycles. The maximum absolute atomic E-state index is 13.0. The molecule has 6 nitrogen and oxygen atoms in total. The zero-order valence-corrected chi connectivity index (χ0v) is 17.1. The van der Waals surface area contributed by atoms with E-state index >= 15 is 0 Å². The minimum atomic E-state index is -3.69. The van der Waals surface area contributed by atoms with E-state index in [2.05, 4.69) is 0 Å². The van der Waals surface area contributed by atoms with Crippen molar-refractivity contribution in [3.8, 4) is 11.1 Å². The van der Waals surface area contributed by atoms with E-state index in [0.29, 0.717) is 11.4 Å². The van der Waals surface area contributed by atoms with Crippen molar-refractivity contribution in [1.29, 1.82) is 0 Å². The molecule has 2 amide bonds. The average Bonchev–Trinajstić information content (AvgIpc) is 3.29. The number of hydrogen-bond donors (Lipinski definition) is 0. The summed E-state index contributed by atoms with van der Waals surface area (Å²) in [6, 6.07) is 13.6. The minimum absolute atomic E-state index is 0.132. The van der Waals surface area contributed by atoms with Gasteiger partial charge in [0.15, 0.2) is 0 Å². The van der Waals surface area contributed by atoms with Crippen molar-refractivity contribution in [2.45, 2.75) is 17.4 Å². The van der Waals surface area contributed by atoms with Gasteiger partial charge in [-0.1, -0.05) is 47.6 Å². The van der Waals surface area contributed by atoms with E-state index in [9.17, 15) is 18.0 Å². The van der Waals surface area contributed by atoms with Crippen LogP contribution in [0.15, 0.2) is 53.4 Å². The van der Waals surface area contributed by atoms with E-state index in [1.165, 1.54) is 9.21 Å². The van der Waals surface area contributed by atoms with Crippen LogP contribution in [0.25, 0.3) is 11.1 Å². The number of rotatable bonds is 4. The van der Waals surface area contributed by atoms with E-state index in [1.807, 2.05) is 18.2 Å². The van der Waals surface area contributed by atoms with Gasteiger partial charge < -0.3 is 0 Å². The third kappa shape index (κ3) is 3.57. The van der Waals surface area contributed by atoms with Gasteiger partial charge in [-0.2, -0.15) is 4.31 Å². The Kier molecular flexibility index (Phi) is 5.22. The first-order valence-electron chi connectivity index (χ1n) is 8.71. The molecule has 0 bridgehead atoms. The van der Waals surface area contributed by atoms with Crippen LogP contribution in [0.4, 0.5) is 4.79 Å². The third-order valence-corrected chi connectivity index (χ3v) is 7.88. The van der Waals surface area contributed by atoms with Crippen molar-refractivity contribution >= 4 is 44.5 Å². The number of carbonyl (C=O) groups excluding carboxylic acids is 2. The van der Waals surface area contributed by atoms with E-state index in [4.69, 9.17) is 11.6 Å². The van der Waals surface area contributed by atoms with Gasteiger partial charge in [0.2, 0.25) is 15.9 Å². The second kappa shape index (κ2) is 7.51. The molecule has 0 aliphatic carbocycles. The number of benzene rings is 2. The van der Waals surface area contributed by atoms with Crippen LogP contribution in [-0.2, 0) is 14.8 Å². The Morgan fingerprint density at radius 2 is 1.79 bits per heavy atom. The highest BCUT2D eigenvalue weighted by Gasteiger charge is 2.42. The largest absolute Gasteiger partial charge is 0.289 e. The molecule has 0 spiro atoms. The summed E-state index contributed by atoms with van der Waals surface area (Å²) in [4.78, 5) is 25.2. The lowest BCUT2D eigenvalue weighted by Crippen LogP contribution is -2.41. The molecule has 1 atom stereocenters. The minimum Gasteiger partial charge on any atom is -0.273 e. The van der Waals surface area contributed by atoms with Crippen LogP contribution in [0.2, 0.25) is 5.02 Å². The lowest BCUT2D eigenvalue weighted by Gasteiger charge is -2.21. The third-order valence-electron chi connectivity index (χ3n) is 4.93. The first-order chi connectivity index (χ1) is 13.4. The highest BCUT2D eigenvalue weighted by Crippen LogP contribution is 2.30. The van der Waals surface area contributed by atoms with Crippen molar-refractivity contribution in [2.24, 2.45) is 0 Å².